The van der Waals surface area contributed by atoms with Crippen molar-refractivity contribution in [3.8, 4) is 5.75 Å². The fourth-order valence-corrected chi connectivity index (χ4v) is 2.98. The van der Waals surface area contributed by atoms with Gasteiger partial charge >= 0.3 is 0 Å². The average Bonchev–Trinajstić information content (AvgIpc) is 2.67. The monoisotopic (exact) mass is 364 g/mol. The molecule has 0 saturated carbocycles. The van der Waals surface area contributed by atoms with Gasteiger partial charge in [-0.1, -0.05) is 19.1 Å². The zero-order chi connectivity index (χ0) is 18.9. The van der Waals surface area contributed by atoms with Gasteiger partial charge in [-0.3, -0.25) is 9.59 Å². The minimum Gasteiger partial charge on any atom is -0.497 e. The fourth-order valence-electron chi connectivity index (χ4n) is 2.98. The number of hydrogen-bond acceptors (Lipinski definition) is 5. The van der Waals surface area contributed by atoms with Gasteiger partial charge in [0, 0.05) is 13.0 Å². The van der Waals surface area contributed by atoms with Crippen LogP contribution in [0.2, 0.25) is 0 Å². The molecule has 1 aromatic rings. The van der Waals surface area contributed by atoms with Crippen LogP contribution in [0.15, 0.2) is 24.3 Å². The number of aliphatic hydroxyl groups is 1. The van der Waals surface area contributed by atoms with E-state index in [0.717, 1.165) is 11.3 Å². The van der Waals surface area contributed by atoms with Gasteiger partial charge in [0.2, 0.25) is 11.8 Å². The number of methoxy groups -OCH3 is 1. The second-order valence-corrected chi connectivity index (χ2v) is 6.41. The molecule has 7 nitrogen and oxygen atoms in total. The van der Waals surface area contributed by atoms with Crippen LogP contribution in [0.4, 0.5) is 0 Å². The maximum atomic E-state index is 12.2. The van der Waals surface area contributed by atoms with Crippen molar-refractivity contribution >= 4 is 11.8 Å². The smallest absolute Gasteiger partial charge is 0.222 e. The summed E-state index contributed by atoms with van der Waals surface area (Å²) < 4.78 is 10.9. The molecular formula is C19H28N2O5. The third-order valence-electron chi connectivity index (χ3n) is 4.52. The second-order valence-electron chi connectivity index (χ2n) is 6.41. The highest BCUT2D eigenvalue weighted by molar-refractivity contribution is 5.76. The Bertz CT molecular complexity index is 590. The molecule has 2 rings (SSSR count). The molecule has 0 spiro atoms. The number of carbonyl (C=O) groups is 2. The fraction of sp³-hybridized carbons (Fsp3) is 0.579. The molecule has 0 aliphatic carbocycles. The Labute approximate surface area is 154 Å². The Morgan fingerprint density at radius 3 is 2.58 bits per heavy atom. The van der Waals surface area contributed by atoms with Crippen LogP contribution in [0, 0.1) is 0 Å². The quantitative estimate of drug-likeness (QED) is 0.643. The van der Waals surface area contributed by atoms with E-state index >= 15 is 0 Å². The van der Waals surface area contributed by atoms with Gasteiger partial charge in [0.25, 0.3) is 0 Å². The summed E-state index contributed by atoms with van der Waals surface area (Å²) in [6.07, 6.45) is 1.26. The highest BCUT2D eigenvalue weighted by Crippen LogP contribution is 2.22. The molecule has 144 valence electrons. The summed E-state index contributed by atoms with van der Waals surface area (Å²) >= 11 is 0. The predicted molar refractivity (Wildman–Crippen MR) is 96.7 cm³/mol. The van der Waals surface area contributed by atoms with Gasteiger partial charge in [-0.05, 0) is 30.5 Å². The number of ether oxygens (including phenoxy) is 2. The maximum Gasteiger partial charge on any atom is 0.222 e. The Balaban J connectivity index is 1.77. The van der Waals surface area contributed by atoms with E-state index in [-0.39, 0.29) is 37.0 Å². The van der Waals surface area contributed by atoms with Crippen LogP contribution in [-0.4, -0.2) is 48.9 Å². The third-order valence-corrected chi connectivity index (χ3v) is 4.52. The van der Waals surface area contributed by atoms with Gasteiger partial charge in [0.05, 0.1) is 32.3 Å². The molecule has 2 amide bonds. The molecule has 1 heterocycles. The van der Waals surface area contributed by atoms with E-state index in [1.165, 1.54) is 0 Å². The van der Waals surface area contributed by atoms with Crippen molar-refractivity contribution in [3.05, 3.63) is 29.8 Å². The first kappa shape index (κ1) is 20.2. The summed E-state index contributed by atoms with van der Waals surface area (Å²) in [6, 6.07) is 7.30. The lowest BCUT2D eigenvalue weighted by atomic mass is 9.96. The van der Waals surface area contributed by atoms with Crippen LogP contribution in [0.1, 0.15) is 38.2 Å². The summed E-state index contributed by atoms with van der Waals surface area (Å²) in [6.45, 7) is 2.04. The zero-order valence-corrected chi connectivity index (χ0v) is 15.4. The molecule has 1 aliphatic heterocycles. The van der Waals surface area contributed by atoms with Crippen molar-refractivity contribution in [3.63, 3.8) is 0 Å². The molecule has 0 bridgehead atoms. The first-order valence-electron chi connectivity index (χ1n) is 9.01. The summed E-state index contributed by atoms with van der Waals surface area (Å²) in [5.74, 6) is 0.613. The molecule has 0 aromatic heterocycles. The molecule has 1 saturated heterocycles. The van der Waals surface area contributed by atoms with Crippen LogP contribution in [0.3, 0.4) is 0 Å². The largest absolute Gasteiger partial charge is 0.497 e. The Kier molecular flexibility index (Phi) is 7.87. The lowest BCUT2D eigenvalue weighted by molar-refractivity contribution is -0.135. The molecule has 3 N–H and O–H groups in total. The van der Waals surface area contributed by atoms with Crippen LogP contribution in [0.25, 0.3) is 0 Å². The summed E-state index contributed by atoms with van der Waals surface area (Å²) in [4.78, 5) is 23.7. The minimum atomic E-state index is -0.473. The standard InChI is InChI=1S/C19H28N2O5/c1-3-18(23)21-16-9-8-15(26-17(16)12-22)10-19(24)20-11-13-4-6-14(25-2)7-5-13/h4-7,15-17,22H,3,8-12H2,1-2H3,(H,20,24)(H,21,23)/t15-,16-,17-/m1/s1. The predicted octanol–water partition coefficient (Wildman–Crippen LogP) is 1.14. The highest BCUT2D eigenvalue weighted by Gasteiger charge is 2.32. The van der Waals surface area contributed by atoms with E-state index in [1.54, 1.807) is 14.0 Å². The Morgan fingerprint density at radius 2 is 1.96 bits per heavy atom. The normalized spacial score (nSPS) is 22.5. The lowest BCUT2D eigenvalue weighted by Crippen LogP contribution is -2.51. The van der Waals surface area contributed by atoms with Gasteiger partial charge in [-0.15, -0.1) is 0 Å². The van der Waals surface area contributed by atoms with Crippen LogP contribution in [-0.2, 0) is 20.9 Å². The van der Waals surface area contributed by atoms with E-state index in [0.29, 0.717) is 25.8 Å². The minimum absolute atomic E-state index is 0.0623. The molecule has 1 aromatic carbocycles. The Hall–Kier alpha value is -2.12. The van der Waals surface area contributed by atoms with Gasteiger partial charge in [0.1, 0.15) is 11.9 Å². The summed E-state index contributed by atoms with van der Waals surface area (Å²) in [5, 5.41) is 15.2. The molecule has 1 aliphatic rings. The van der Waals surface area contributed by atoms with Gasteiger partial charge in [-0.25, -0.2) is 0 Å². The number of rotatable bonds is 8. The molecule has 0 unspecified atom stereocenters. The molecule has 3 atom stereocenters. The van der Waals surface area contributed by atoms with Gasteiger partial charge < -0.3 is 25.2 Å². The van der Waals surface area contributed by atoms with E-state index in [1.807, 2.05) is 24.3 Å². The number of nitrogens with one attached hydrogen (secondary N) is 2. The molecule has 26 heavy (non-hydrogen) atoms. The highest BCUT2D eigenvalue weighted by atomic mass is 16.5. The molecule has 1 fully saturated rings. The van der Waals surface area contributed by atoms with Crippen molar-refractivity contribution in [2.45, 2.75) is 57.4 Å². The van der Waals surface area contributed by atoms with Crippen LogP contribution >= 0.6 is 0 Å². The lowest BCUT2D eigenvalue weighted by Gasteiger charge is -2.36. The van der Waals surface area contributed by atoms with E-state index in [2.05, 4.69) is 10.6 Å². The topological polar surface area (TPSA) is 96.9 Å². The van der Waals surface area contributed by atoms with E-state index in [4.69, 9.17) is 9.47 Å². The first-order valence-corrected chi connectivity index (χ1v) is 9.01. The number of hydrogen-bond donors (Lipinski definition) is 3. The third kappa shape index (κ3) is 6.00. The molecule has 0 radical (unpaired) electrons. The van der Waals surface area contributed by atoms with Crippen molar-refractivity contribution < 1.29 is 24.2 Å². The molecular weight excluding hydrogens is 336 g/mol. The van der Waals surface area contributed by atoms with Gasteiger partial charge in [-0.2, -0.15) is 0 Å². The van der Waals surface area contributed by atoms with Crippen molar-refractivity contribution in [1.29, 1.82) is 0 Å². The number of carbonyl (C=O) groups excluding carboxylic acids is 2. The van der Waals surface area contributed by atoms with Gasteiger partial charge in [0.15, 0.2) is 0 Å². The maximum absolute atomic E-state index is 12.2. The number of amides is 2. The summed E-state index contributed by atoms with van der Waals surface area (Å²) in [7, 11) is 1.61. The van der Waals surface area contributed by atoms with Crippen molar-refractivity contribution in [2.24, 2.45) is 0 Å². The molecule has 7 heteroatoms. The van der Waals surface area contributed by atoms with E-state index in [9.17, 15) is 14.7 Å². The van der Waals surface area contributed by atoms with Crippen molar-refractivity contribution in [2.75, 3.05) is 13.7 Å². The van der Waals surface area contributed by atoms with Crippen LogP contribution in [0.5, 0.6) is 5.75 Å². The summed E-state index contributed by atoms with van der Waals surface area (Å²) in [5.41, 5.74) is 0.985. The average molecular weight is 364 g/mol. The number of benzene rings is 1. The Morgan fingerprint density at radius 1 is 1.23 bits per heavy atom. The van der Waals surface area contributed by atoms with Crippen molar-refractivity contribution in [1.82, 2.24) is 10.6 Å². The SMILES string of the molecule is CCC(=O)N[C@@H]1CC[C@H](CC(=O)NCc2ccc(OC)cc2)O[C@@H]1CO. The first-order chi connectivity index (χ1) is 12.5. The zero-order valence-electron chi connectivity index (χ0n) is 15.4. The van der Waals surface area contributed by atoms with Crippen LogP contribution < -0.4 is 15.4 Å². The second kappa shape index (κ2) is 10.1. The van der Waals surface area contributed by atoms with E-state index < -0.39 is 6.10 Å². The number of aliphatic hydroxyl groups excluding tert-OH is 1.